The molecule has 0 aromatic carbocycles. The molecule has 0 spiro atoms. The highest BCUT2D eigenvalue weighted by atomic mass is 28.4. The van der Waals surface area contributed by atoms with E-state index in [4.69, 9.17) is 13.6 Å². The van der Waals surface area contributed by atoms with Crippen molar-refractivity contribution in [2.45, 2.75) is 148 Å². The molecule has 0 radical (unpaired) electrons. The van der Waals surface area contributed by atoms with E-state index in [1.54, 1.807) is 0 Å². The highest BCUT2D eigenvalue weighted by molar-refractivity contribution is 6.74. The summed E-state index contributed by atoms with van der Waals surface area (Å²) < 4.78 is 19.0. The number of ether oxygens (including phenoxy) is 1. The Labute approximate surface area is 220 Å². The van der Waals surface area contributed by atoms with Crippen LogP contribution in [0, 0.1) is 11.8 Å². The van der Waals surface area contributed by atoms with Crippen LogP contribution in [0.2, 0.25) is 36.3 Å². The number of rotatable bonds is 14. The SMILES string of the molecule is C=CCC[C@@H]1[C@@H](CCCCCCC(=O)OC)[C@@H](O[Si](C)(C)C(C)(C)C)C[C@H]1O[Si](C)(C)C(C)(C)C. The molecule has 206 valence electrons. The fraction of sp³-hybridized carbons (Fsp3) is 0.897. The minimum absolute atomic E-state index is 0.0984. The van der Waals surface area contributed by atoms with Crippen LogP contribution in [0.15, 0.2) is 12.7 Å². The molecule has 35 heavy (non-hydrogen) atoms. The topological polar surface area (TPSA) is 44.8 Å². The smallest absolute Gasteiger partial charge is 0.305 e. The van der Waals surface area contributed by atoms with Gasteiger partial charge in [-0.15, -0.1) is 6.58 Å². The standard InChI is InChI=1S/C29H58O4Si2/c1-13-14-19-23-24(20-17-15-16-18-21-27(30)31-8)26(33-35(11,12)29(5,6)7)22-25(23)32-34(9,10)28(2,3)4/h13,23-26H,1,14-22H2,2-12H3/t23-,24-,25-,26+/m1/s1. The van der Waals surface area contributed by atoms with Gasteiger partial charge in [0.05, 0.1) is 19.3 Å². The Morgan fingerprint density at radius 3 is 1.71 bits per heavy atom. The van der Waals surface area contributed by atoms with Gasteiger partial charge < -0.3 is 13.6 Å². The van der Waals surface area contributed by atoms with Crippen LogP contribution >= 0.6 is 0 Å². The lowest BCUT2D eigenvalue weighted by Crippen LogP contribution is -2.45. The number of esters is 1. The Bertz CT molecular complexity index is 661. The molecule has 0 saturated heterocycles. The molecule has 1 aliphatic rings. The first-order valence-corrected chi connectivity index (χ1v) is 19.8. The Kier molecular flexibility index (Phi) is 12.5. The Morgan fingerprint density at radius 2 is 1.29 bits per heavy atom. The summed E-state index contributed by atoms with van der Waals surface area (Å²) in [4.78, 5) is 11.4. The van der Waals surface area contributed by atoms with Gasteiger partial charge in [-0.1, -0.05) is 66.9 Å². The summed E-state index contributed by atoms with van der Waals surface area (Å²) in [6.45, 7) is 27.6. The molecule has 1 fully saturated rings. The Balaban J connectivity index is 3.06. The molecule has 0 heterocycles. The maximum atomic E-state index is 11.4. The number of carbonyl (C=O) groups is 1. The van der Waals surface area contributed by atoms with Crippen molar-refractivity contribution in [1.82, 2.24) is 0 Å². The van der Waals surface area contributed by atoms with Gasteiger partial charge in [0.1, 0.15) is 0 Å². The lowest BCUT2D eigenvalue weighted by molar-refractivity contribution is -0.140. The van der Waals surface area contributed by atoms with Crippen molar-refractivity contribution in [2.75, 3.05) is 7.11 Å². The summed E-state index contributed by atoms with van der Waals surface area (Å²) in [6, 6.07) is 0. The average molecular weight is 527 g/mol. The third-order valence-electron chi connectivity index (χ3n) is 9.07. The largest absolute Gasteiger partial charge is 0.469 e. The van der Waals surface area contributed by atoms with Gasteiger partial charge in [-0.25, -0.2) is 0 Å². The third kappa shape index (κ3) is 9.75. The molecule has 0 bridgehead atoms. The molecule has 0 N–H and O–H groups in total. The first-order chi connectivity index (χ1) is 16.0. The van der Waals surface area contributed by atoms with Crippen molar-refractivity contribution in [1.29, 1.82) is 0 Å². The number of hydrogen-bond donors (Lipinski definition) is 0. The fourth-order valence-corrected chi connectivity index (χ4v) is 7.49. The van der Waals surface area contributed by atoms with Crippen LogP contribution < -0.4 is 0 Å². The summed E-state index contributed by atoms with van der Waals surface area (Å²) >= 11 is 0. The monoisotopic (exact) mass is 526 g/mol. The van der Waals surface area contributed by atoms with Crippen LogP contribution in [0.4, 0.5) is 0 Å². The van der Waals surface area contributed by atoms with E-state index in [0.717, 1.165) is 38.5 Å². The molecule has 1 rings (SSSR count). The van der Waals surface area contributed by atoms with Crippen molar-refractivity contribution in [3.63, 3.8) is 0 Å². The number of carbonyl (C=O) groups excluding carboxylic acids is 1. The van der Waals surface area contributed by atoms with E-state index >= 15 is 0 Å². The Hall–Kier alpha value is -0.436. The molecule has 0 amide bonds. The van der Waals surface area contributed by atoms with Gasteiger partial charge in [0.25, 0.3) is 0 Å². The summed E-state index contributed by atoms with van der Waals surface area (Å²) in [5.41, 5.74) is 0. The number of allylic oxidation sites excluding steroid dienone is 1. The molecule has 0 aliphatic heterocycles. The van der Waals surface area contributed by atoms with E-state index in [1.165, 1.54) is 20.0 Å². The van der Waals surface area contributed by atoms with E-state index in [2.05, 4.69) is 80.4 Å². The maximum Gasteiger partial charge on any atom is 0.305 e. The molecule has 0 unspecified atom stereocenters. The fourth-order valence-electron chi connectivity index (χ4n) is 4.73. The molecular weight excluding hydrogens is 468 g/mol. The molecule has 1 saturated carbocycles. The molecule has 1 aliphatic carbocycles. The lowest BCUT2D eigenvalue weighted by Gasteiger charge is -2.40. The lowest BCUT2D eigenvalue weighted by atomic mass is 9.85. The minimum Gasteiger partial charge on any atom is -0.469 e. The first-order valence-electron chi connectivity index (χ1n) is 14.0. The van der Waals surface area contributed by atoms with Crippen LogP contribution in [-0.4, -0.2) is 41.9 Å². The number of unbranched alkanes of at least 4 members (excludes halogenated alkanes) is 3. The number of hydrogen-bond acceptors (Lipinski definition) is 4. The van der Waals surface area contributed by atoms with Gasteiger partial charge in [-0.2, -0.15) is 0 Å². The van der Waals surface area contributed by atoms with Gasteiger partial charge >= 0.3 is 5.97 Å². The van der Waals surface area contributed by atoms with E-state index < -0.39 is 16.6 Å². The van der Waals surface area contributed by atoms with Gasteiger partial charge in [0.2, 0.25) is 0 Å². The van der Waals surface area contributed by atoms with E-state index in [1.807, 2.05) is 0 Å². The van der Waals surface area contributed by atoms with Gasteiger partial charge in [-0.05, 0) is 80.2 Å². The molecule has 0 aromatic heterocycles. The summed E-state index contributed by atoms with van der Waals surface area (Å²) in [6.07, 6.45) is 11.8. The predicted molar refractivity (Wildman–Crippen MR) is 155 cm³/mol. The second kappa shape index (κ2) is 13.4. The van der Waals surface area contributed by atoms with E-state index in [0.29, 0.717) is 18.3 Å². The van der Waals surface area contributed by atoms with Crippen LogP contribution in [0.5, 0.6) is 0 Å². The average Bonchev–Trinajstić information content (AvgIpc) is 3.01. The van der Waals surface area contributed by atoms with Gasteiger partial charge in [0, 0.05) is 6.42 Å². The normalized spacial score (nSPS) is 24.0. The van der Waals surface area contributed by atoms with Crippen molar-refractivity contribution >= 4 is 22.6 Å². The van der Waals surface area contributed by atoms with Crippen molar-refractivity contribution < 1.29 is 18.4 Å². The van der Waals surface area contributed by atoms with Gasteiger partial charge in [0.15, 0.2) is 16.6 Å². The molecule has 4 nitrogen and oxygen atoms in total. The Morgan fingerprint density at radius 1 is 0.829 bits per heavy atom. The number of methoxy groups -OCH3 is 1. The zero-order valence-electron chi connectivity index (χ0n) is 25.1. The second-order valence-corrected chi connectivity index (χ2v) is 23.3. The summed E-state index contributed by atoms with van der Waals surface area (Å²) in [5, 5.41) is 0.393. The molecule has 6 heteroatoms. The van der Waals surface area contributed by atoms with Crippen molar-refractivity contribution in [3.8, 4) is 0 Å². The summed E-state index contributed by atoms with van der Waals surface area (Å²) in [5.74, 6) is 0.949. The van der Waals surface area contributed by atoms with Crippen LogP contribution in [0.1, 0.15) is 99.3 Å². The van der Waals surface area contributed by atoms with Crippen molar-refractivity contribution in [3.05, 3.63) is 12.7 Å². The van der Waals surface area contributed by atoms with Crippen LogP contribution in [-0.2, 0) is 18.4 Å². The second-order valence-electron chi connectivity index (χ2n) is 13.8. The van der Waals surface area contributed by atoms with Crippen LogP contribution in [0.25, 0.3) is 0 Å². The highest BCUT2D eigenvalue weighted by Gasteiger charge is 2.50. The van der Waals surface area contributed by atoms with Gasteiger partial charge in [-0.3, -0.25) is 4.79 Å². The quantitative estimate of drug-likeness (QED) is 0.0981. The van der Waals surface area contributed by atoms with E-state index in [-0.39, 0.29) is 28.3 Å². The predicted octanol–water partition coefficient (Wildman–Crippen LogP) is 8.88. The summed E-state index contributed by atoms with van der Waals surface area (Å²) in [7, 11) is -2.30. The minimum atomic E-state index is -1.89. The molecular formula is C29H58O4Si2. The maximum absolute atomic E-state index is 11.4. The third-order valence-corrected chi connectivity index (χ3v) is 18.1. The van der Waals surface area contributed by atoms with Crippen LogP contribution in [0.3, 0.4) is 0 Å². The zero-order chi connectivity index (χ0) is 27.1. The van der Waals surface area contributed by atoms with Crippen molar-refractivity contribution in [2.24, 2.45) is 11.8 Å². The zero-order valence-corrected chi connectivity index (χ0v) is 27.1. The molecule has 0 aromatic rings. The van der Waals surface area contributed by atoms with E-state index in [9.17, 15) is 4.79 Å². The highest BCUT2D eigenvalue weighted by Crippen LogP contribution is 2.48. The first kappa shape index (κ1) is 32.6. The molecule has 4 atom stereocenters.